The van der Waals surface area contributed by atoms with E-state index in [-0.39, 0.29) is 18.7 Å². The van der Waals surface area contributed by atoms with Gasteiger partial charge in [0.2, 0.25) is 6.79 Å². The second kappa shape index (κ2) is 6.43. The minimum atomic E-state index is 0.0123. The van der Waals surface area contributed by atoms with Gasteiger partial charge in [-0.25, -0.2) is 4.98 Å². The second-order valence-electron chi connectivity index (χ2n) is 6.93. The first-order chi connectivity index (χ1) is 12.1. The van der Waals surface area contributed by atoms with Gasteiger partial charge in [-0.1, -0.05) is 19.9 Å². The molecule has 1 saturated heterocycles. The average Bonchev–Trinajstić information content (AvgIpc) is 3.30. The van der Waals surface area contributed by atoms with E-state index in [0.29, 0.717) is 29.5 Å². The van der Waals surface area contributed by atoms with Crippen LogP contribution in [0.25, 0.3) is 0 Å². The van der Waals surface area contributed by atoms with Crippen molar-refractivity contribution in [2.45, 2.75) is 38.6 Å². The maximum atomic E-state index is 13.1. The van der Waals surface area contributed by atoms with Crippen molar-refractivity contribution in [3.8, 4) is 11.5 Å². The van der Waals surface area contributed by atoms with Crippen LogP contribution in [0.4, 0.5) is 0 Å². The van der Waals surface area contributed by atoms with Gasteiger partial charge in [0.25, 0.3) is 5.91 Å². The molecule has 6 nitrogen and oxygen atoms in total. The molecule has 2 aromatic rings. The maximum absolute atomic E-state index is 13.1. The molecule has 3 heterocycles. The number of rotatable bonds is 3. The minimum Gasteiger partial charge on any atom is -0.454 e. The highest BCUT2D eigenvalue weighted by molar-refractivity contribution is 5.98. The number of amides is 1. The van der Waals surface area contributed by atoms with E-state index >= 15 is 0 Å². The van der Waals surface area contributed by atoms with E-state index in [1.165, 1.54) is 0 Å². The number of nitrogens with zero attached hydrogens (tertiary/aromatic N) is 3. The summed E-state index contributed by atoms with van der Waals surface area (Å²) in [6, 6.07) is 5.76. The Bertz CT molecular complexity index is 784. The Kier molecular flexibility index (Phi) is 4.11. The number of hydrogen-bond acceptors (Lipinski definition) is 4. The molecule has 2 aliphatic rings. The van der Waals surface area contributed by atoms with Crippen LogP contribution >= 0.6 is 0 Å². The molecule has 0 bridgehead atoms. The number of fused-ring (bicyclic) bond motifs is 1. The number of imidazole rings is 1. The van der Waals surface area contributed by atoms with Gasteiger partial charge >= 0.3 is 0 Å². The molecule has 132 valence electrons. The average molecular weight is 341 g/mol. The molecule has 1 fully saturated rings. The lowest BCUT2D eigenvalue weighted by Crippen LogP contribution is -2.41. The van der Waals surface area contributed by atoms with Gasteiger partial charge in [-0.05, 0) is 25.0 Å². The van der Waals surface area contributed by atoms with Crippen molar-refractivity contribution in [1.29, 1.82) is 0 Å². The number of para-hydroxylation sites is 1. The van der Waals surface area contributed by atoms with E-state index in [2.05, 4.69) is 23.4 Å². The van der Waals surface area contributed by atoms with Gasteiger partial charge in [0.05, 0.1) is 11.6 Å². The first kappa shape index (κ1) is 16.0. The molecular formula is C19H23N3O3. The normalized spacial score (nSPS) is 19.5. The number of carbonyl (C=O) groups excluding carboxylic acids is 1. The highest BCUT2D eigenvalue weighted by Crippen LogP contribution is 2.36. The highest BCUT2D eigenvalue weighted by atomic mass is 16.7. The van der Waals surface area contributed by atoms with E-state index in [1.807, 2.05) is 35.5 Å². The Labute approximate surface area is 147 Å². The van der Waals surface area contributed by atoms with Gasteiger partial charge in [-0.15, -0.1) is 0 Å². The third kappa shape index (κ3) is 2.86. The SMILES string of the molecule is CC(C)c1nccn1[C@@H]1CCCN(C(=O)c2cccc3c2OCO3)C1. The summed E-state index contributed by atoms with van der Waals surface area (Å²) in [5.41, 5.74) is 0.588. The lowest BCUT2D eigenvalue weighted by molar-refractivity contribution is 0.0673. The fourth-order valence-electron chi connectivity index (χ4n) is 3.72. The summed E-state index contributed by atoms with van der Waals surface area (Å²) in [6.45, 7) is 5.93. The summed E-state index contributed by atoms with van der Waals surface area (Å²) in [5.74, 6) is 2.68. The van der Waals surface area contributed by atoms with Gasteiger partial charge in [-0.2, -0.15) is 0 Å². The number of hydrogen-bond donors (Lipinski definition) is 0. The fraction of sp³-hybridized carbons (Fsp3) is 0.474. The quantitative estimate of drug-likeness (QED) is 0.860. The number of benzene rings is 1. The summed E-state index contributed by atoms with van der Waals surface area (Å²) < 4.78 is 13.1. The molecule has 0 unspecified atom stereocenters. The zero-order valence-corrected chi connectivity index (χ0v) is 14.6. The maximum Gasteiger partial charge on any atom is 0.257 e. The standard InChI is InChI=1S/C19H23N3O3/c1-13(2)18-20-8-10-22(18)14-5-4-9-21(11-14)19(23)15-6-3-7-16-17(15)25-12-24-16/h3,6-8,10,13-14H,4-5,9,11-12H2,1-2H3/t14-/m1/s1. The topological polar surface area (TPSA) is 56.6 Å². The van der Waals surface area contributed by atoms with Crippen molar-refractivity contribution in [3.63, 3.8) is 0 Å². The first-order valence-corrected chi connectivity index (χ1v) is 8.85. The predicted molar refractivity (Wildman–Crippen MR) is 93.1 cm³/mol. The van der Waals surface area contributed by atoms with Crippen LogP contribution < -0.4 is 9.47 Å². The van der Waals surface area contributed by atoms with Gasteiger partial charge in [-0.3, -0.25) is 4.79 Å². The Balaban J connectivity index is 1.56. The Morgan fingerprint density at radius 3 is 3.04 bits per heavy atom. The fourth-order valence-corrected chi connectivity index (χ4v) is 3.72. The number of likely N-dealkylation sites (tertiary alicyclic amines) is 1. The third-order valence-corrected chi connectivity index (χ3v) is 4.92. The number of ether oxygens (including phenoxy) is 2. The van der Waals surface area contributed by atoms with Gasteiger partial charge < -0.3 is 18.9 Å². The van der Waals surface area contributed by atoms with Gasteiger partial charge in [0.15, 0.2) is 11.5 Å². The van der Waals surface area contributed by atoms with E-state index in [0.717, 1.165) is 25.2 Å². The van der Waals surface area contributed by atoms with Crippen LogP contribution in [0.3, 0.4) is 0 Å². The van der Waals surface area contributed by atoms with Crippen molar-refractivity contribution < 1.29 is 14.3 Å². The van der Waals surface area contributed by atoms with E-state index in [9.17, 15) is 4.79 Å². The van der Waals surface area contributed by atoms with Crippen LogP contribution in [-0.4, -0.2) is 40.2 Å². The lowest BCUT2D eigenvalue weighted by atomic mass is 10.0. The van der Waals surface area contributed by atoms with Crippen LogP contribution in [0, 0.1) is 0 Å². The zero-order valence-electron chi connectivity index (χ0n) is 14.6. The van der Waals surface area contributed by atoms with Crippen molar-refractivity contribution in [1.82, 2.24) is 14.5 Å². The summed E-state index contributed by atoms with van der Waals surface area (Å²) in [7, 11) is 0. The van der Waals surface area contributed by atoms with Crippen LogP contribution in [0.15, 0.2) is 30.6 Å². The summed E-state index contributed by atoms with van der Waals surface area (Å²) in [6.07, 6.45) is 5.93. The molecule has 0 spiro atoms. The van der Waals surface area contributed by atoms with E-state index in [4.69, 9.17) is 9.47 Å². The molecule has 1 aromatic carbocycles. The van der Waals surface area contributed by atoms with Gasteiger partial charge in [0, 0.05) is 31.4 Å². The number of aromatic nitrogens is 2. The van der Waals surface area contributed by atoms with E-state index < -0.39 is 0 Å². The Hall–Kier alpha value is -2.50. The Morgan fingerprint density at radius 1 is 1.32 bits per heavy atom. The summed E-state index contributed by atoms with van der Waals surface area (Å²) in [5, 5.41) is 0. The largest absolute Gasteiger partial charge is 0.454 e. The molecule has 1 aromatic heterocycles. The molecule has 1 atom stereocenters. The molecule has 25 heavy (non-hydrogen) atoms. The third-order valence-electron chi connectivity index (χ3n) is 4.92. The van der Waals surface area contributed by atoms with Crippen molar-refractivity contribution in [3.05, 3.63) is 42.0 Å². The smallest absolute Gasteiger partial charge is 0.257 e. The first-order valence-electron chi connectivity index (χ1n) is 8.85. The molecule has 4 rings (SSSR count). The molecule has 6 heteroatoms. The van der Waals surface area contributed by atoms with Crippen LogP contribution in [0.2, 0.25) is 0 Å². The Morgan fingerprint density at radius 2 is 2.20 bits per heavy atom. The van der Waals surface area contributed by atoms with Crippen molar-refractivity contribution >= 4 is 5.91 Å². The number of carbonyl (C=O) groups is 1. The van der Waals surface area contributed by atoms with E-state index in [1.54, 1.807) is 0 Å². The van der Waals surface area contributed by atoms with Crippen LogP contribution in [0.5, 0.6) is 11.5 Å². The molecule has 2 aliphatic heterocycles. The van der Waals surface area contributed by atoms with Crippen molar-refractivity contribution in [2.75, 3.05) is 19.9 Å². The molecule has 0 saturated carbocycles. The van der Waals surface area contributed by atoms with Crippen LogP contribution in [0.1, 0.15) is 54.8 Å². The molecule has 0 aliphatic carbocycles. The number of piperidine rings is 1. The lowest BCUT2D eigenvalue weighted by Gasteiger charge is -2.34. The summed E-state index contributed by atoms with van der Waals surface area (Å²) in [4.78, 5) is 19.5. The molecule has 1 amide bonds. The predicted octanol–water partition coefficient (Wildman–Crippen LogP) is 3.21. The highest BCUT2D eigenvalue weighted by Gasteiger charge is 2.30. The van der Waals surface area contributed by atoms with Gasteiger partial charge in [0.1, 0.15) is 5.82 Å². The second-order valence-corrected chi connectivity index (χ2v) is 6.93. The zero-order chi connectivity index (χ0) is 17.4. The van der Waals surface area contributed by atoms with Crippen molar-refractivity contribution in [2.24, 2.45) is 0 Å². The summed E-state index contributed by atoms with van der Waals surface area (Å²) >= 11 is 0. The minimum absolute atomic E-state index is 0.0123. The molecule has 0 radical (unpaired) electrons. The van der Waals surface area contributed by atoms with Crippen LogP contribution in [-0.2, 0) is 0 Å². The monoisotopic (exact) mass is 341 g/mol. The molecular weight excluding hydrogens is 318 g/mol. The molecule has 0 N–H and O–H groups in total.